The van der Waals surface area contributed by atoms with E-state index in [0.29, 0.717) is 12.2 Å². The lowest BCUT2D eigenvalue weighted by Gasteiger charge is -2.30. The molecule has 0 bridgehead atoms. The van der Waals surface area contributed by atoms with Crippen molar-refractivity contribution >= 4 is 29.1 Å². The lowest BCUT2D eigenvalue weighted by atomic mass is 9.76. The van der Waals surface area contributed by atoms with E-state index in [0.717, 1.165) is 16.8 Å². The van der Waals surface area contributed by atoms with E-state index in [1.54, 1.807) is 29.2 Å². The van der Waals surface area contributed by atoms with Crippen molar-refractivity contribution in [3.05, 3.63) is 72.3 Å². The van der Waals surface area contributed by atoms with E-state index < -0.39 is 17.4 Å². The smallest absolute Gasteiger partial charge is 0.253 e. The topological polar surface area (TPSA) is 69.7 Å². The Morgan fingerprint density at radius 3 is 2.40 bits per heavy atom. The molecule has 6 nitrogen and oxygen atoms in total. The van der Waals surface area contributed by atoms with Gasteiger partial charge in [0.1, 0.15) is 5.54 Å². The molecular formula is C24H23N3O3. The van der Waals surface area contributed by atoms with Gasteiger partial charge in [0.05, 0.1) is 17.5 Å². The van der Waals surface area contributed by atoms with Gasteiger partial charge in [-0.1, -0.05) is 48.6 Å². The first-order chi connectivity index (χ1) is 14.4. The van der Waals surface area contributed by atoms with Crippen LogP contribution in [0.5, 0.6) is 0 Å². The quantitative estimate of drug-likeness (QED) is 0.634. The summed E-state index contributed by atoms with van der Waals surface area (Å²) in [5.41, 5.74) is 1.67. The molecule has 1 N–H and O–H groups in total. The van der Waals surface area contributed by atoms with Crippen molar-refractivity contribution < 1.29 is 14.4 Å². The first-order valence-electron chi connectivity index (χ1n) is 10.1. The number of anilines is 2. The number of benzene rings is 2. The second-order valence-electron chi connectivity index (χ2n) is 8.46. The summed E-state index contributed by atoms with van der Waals surface area (Å²) < 4.78 is 0. The summed E-state index contributed by atoms with van der Waals surface area (Å²) >= 11 is 0. The van der Waals surface area contributed by atoms with Gasteiger partial charge in [-0.2, -0.15) is 0 Å². The van der Waals surface area contributed by atoms with Gasteiger partial charge in [-0.05, 0) is 32.0 Å². The highest BCUT2D eigenvalue weighted by Gasteiger charge is 2.71. The van der Waals surface area contributed by atoms with E-state index in [4.69, 9.17) is 0 Å². The zero-order valence-corrected chi connectivity index (χ0v) is 17.0. The largest absolute Gasteiger partial charge is 0.306 e. The van der Waals surface area contributed by atoms with Crippen LogP contribution in [-0.2, 0) is 19.9 Å². The Labute approximate surface area is 175 Å². The number of fused-ring (bicyclic) bond motifs is 4. The van der Waals surface area contributed by atoms with Gasteiger partial charge < -0.3 is 4.90 Å². The monoisotopic (exact) mass is 401 g/mol. The van der Waals surface area contributed by atoms with Crippen LogP contribution < -0.4 is 15.1 Å². The number of amides is 3. The molecule has 0 aromatic heterocycles. The molecule has 0 radical (unpaired) electrons. The van der Waals surface area contributed by atoms with Crippen LogP contribution in [0.4, 0.5) is 11.4 Å². The fourth-order valence-corrected chi connectivity index (χ4v) is 5.37. The predicted octanol–water partition coefficient (Wildman–Crippen LogP) is 2.60. The maximum Gasteiger partial charge on any atom is 0.253 e. The van der Waals surface area contributed by atoms with E-state index in [2.05, 4.69) is 11.9 Å². The molecule has 2 saturated heterocycles. The van der Waals surface area contributed by atoms with Crippen molar-refractivity contribution in [2.24, 2.45) is 11.8 Å². The van der Waals surface area contributed by atoms with Crippen molar-refractivity contribution in [2.45, 2.75) is 25.4 Å². The van der Waals surface area contributed by atoms with Gasteiger partial charge >= 0.3 is 0 Å². The number of nitrogens with one attached hydrogen (secondary N) is 1. The van der Waals surface area contributed by atoms with Gasteiger partial charge in [-0.3, -0.25) is 19.7 Å². The van der Waals surface area contributed by atoms with Gasteiger partial charge in [0.15, 0.2) is 0 Å². The second kappa shape index (κ2) is 6.37. The average molecular weight is 401 g/mol. The van der Waals surface area contributed by atoms with E-state index in [9.17, 15) is 14.4 Å². The summed E-state index contributed by atoms with van der Waals surface area (Å²) in [4.78, 5) is 43.8. The molecule has 2 aromatic carbocycles. The van der Waals surface area contributed by atoms with Crippen molar-refractivity contribution in [3.8, 4) is 0 Å². The fourth-order valence-electron chi connectivity index (χ4n) is 5.37. The average Bonchev–Trinajstić information content (AvgIpc) is 3.27. The van der Waals surface area contributed by atoms with Crippen LogP contribution in [0.15, 0.2) is 66.7 Å². The van der Waals surface area contributed by atoms with Gasteiger partial charge in [0.25, 0.3) is 5.91 Å². The van der Waals surface area contributed by atoms with Crippen molar-refractivity contribution in [1.29, 1.82) is 0 Å². The number of carbonyl (C=O) groups excluding carboxylic acids is 3. The van der Waals surface area contributed by atoms with Crippen molar-refractivity contribution in [3.63, 3.8) is 0 Å². The molecule has 2 fully saturated rings. The Morgan fingerprint density at radius 1 is 1.03 bits per heavy atom. The Kier molecular flexibility index (Phi) is 3.98. The lowest BCUT2D eigenvalue weighted by Crippen LogP contribution is -2.55. The molecule has 30 heavy (non-hydrogen) atoms. The van der Waals surface area contributed by atoms with Gasteiger partial charge in [-0.15, -0.1) is 0 Å². The van der Waals surface area contributed by atoms with Crippen LogP contribution in [-0.4, -0.2) is 30.3 Å². The van der Waals surface area contributed by atoms with Crippen LogP contribution >= 0.6 is 0 Å². The first-order valence-corrected chi connectivity index (χ1v) is 10.1. The van der Waals surface area contributed by atoms with Crippen molar-refractivity contribution in [1.82, 2.24) is 5.32 Å². The number of hydrogen-bond acceptors (Lipinski definition) is 4. The Bertz CT molecular complexity index is 1100. The van der Waals surface area contributed by atoms with Crippen LogP contribution in [0, 0.1) is 11.8 Å². The highest BCUT2D eigenvalue weighted by atomic mass is 16.2. The maximum atomic E-state index is 13.8. The summed E-state index contributed by atoms with van der Waals surface area (Å²) in [6.45, 7) is 8.08. The summed E-state index contributed by atoms with van der Waals surface area (Å²) in [7, 11) is 0. The van der Waals surface area contributed by atoms with E-state index >= 15 is 0 Å². The second-order valence-corrected chi connectivity index (χ2v) is 8.46. The molecule has 4 atom stereocenters. The number of nitrogens with zero attached hydrogens (tertiary/aromatic N) is 2. The Morgan fingerprint density at radius 2 is 1.70 bits per heavy atom. The highest BCUT2D eigenvalue weighted by molar-refractivity contribution is 6.26. The normalized spacial score (nSPS) is 29.7. The molecule has 0 unspecified atom stereocenters. The molecule has 0 aliphatic carbocycles. The third-order valence-corrected chi connectivity index (χ3v) is 6.46. The van der Waals surface area contributed by atoms with Crippen LogP contribution in [0.2, 0.25) is 0 Å². The predicted molar refractivity (Wildman–Crippen MR) is 114 cm³/mol. The van der Waals surface area contributed by atoms with Crippen LogP contribution in [0.3, 0.4) is 0 Å². The minimum atomic E-state index is -1.24. The number of rotatable bonds is 3. The number of para-hydroxylation sites is 2. The van der Waals surface area contributed by atoms with Gasteiger partial charge in [-0.25, -0.2) is 4.90 Å². The molecule has 3 heterocycles. The van der Waals surface area contributed by atoms with Gasteiger partial charge in [0.2, 0.25) is 11.8 Å². The van der Waals surface area contributed by atoms with Crippen LogP contribution in [0.1, 0.15) is 19.4 Å². The molecule has 5 rings (SSSR count). The molecule has 3 amide bonds. The zero-order valence-electron chi connectivity index (χ0n) is 17.0. The molecule has 6 heteroatoms. The SMILES string of the molecule is C=C(C)CN1C(=O)[C@]2(N[C@@H](C)[C@H]3C(=O)N(c4ccccc4)C(=O)[C@H]32)c2ccccc21. The molecule has 0 saturated carbocycles. The number of carbonyl (C=O) groups is 3. The molecule has 1 spiro atoms. The third-order valence-electron chi connectivity index (χ3n) is 6.46. The zero-order chi connectivity index (χ0) is 21.2. The maximum absolute atomic E-state index is 13.8. The summed E-state index contributed by atoms with van der Waals surface area (Å²) in [6.07, 6.45) is 0. The minimum absolute atomic E-state index is 0.192. The molecule has 3 aliphatic rings. The summed E-state index contributed by atoms with van der Waals surface area (Å²) in [6, 6.07) is 16.1. The summed E-state index contributed by atoms with van der Waals surface area (Å²) in [5.74, 6) is -2.16. The molecule has 2 aromatic rings. The van der Waals surface area contributed by atoms with E-state index in [1.165, 1.54) is 4.90 Å². The molecule has 152 valence electrons. The van der Waals surface area contributed by atoms with E-state index in [-0.39, 0.29) is 23.8 Å². The standard InChI is InChI=1S/C24H23N3O3/c1-14(2)13-26-18-12-8-7-11-17(18)24(23(26)30)20-19(15(3)25-24)21(28)27(22(20)29)16-9-5-4-6-10-16/h4-12,15,19-20,25H,1,13H2,2-3H3/t15-,19+,20-,24-/m0/s1. The van der Waals surface area contributed by atoms with Crippen LogP contribution in [0.25, 0.3) is 0 Å². The Balaban J connectivity index is 1.67. The molecule has 3 aliphatic heterocycles. The highest BCUT2D eigenvalue weighted by Crippen LogP contribution is 2.55. The summed E-state index contributed by atoms with van der Waals surface area (Å²) in [5, 5.41) is 3.38. The number of hydrogen-bond donors (Lipinski definition) is 1. The van der Waals surface area contributed by atoms with Crippen molar-refractivity contribution in [2.75, 3.05) is 16.3 Å². The first kappa shape index (κ1) is 18.8. The fraction of sp³-hybridized carbons (Fsp3) is 0.292. The number of imide groups is 1. The minimum Gasteiger partial charge on any atom is -0.306 e. The molecular weight excluding hydrogens is 378 g/mol. The lowest BCUT2D eigenvalue weighted by molar-refractivity contribution is -0.132. The Hall–Kier alpha value is -3.25. The third kappa shape index (κ3) is 2.25. The van der Waals surface area contributed by atoms with Gasteiger partial charge in [0, 0.05) is 23.8 Å². The van der Waals surface area contributed by atoms with E-state index in [1.807, 2.05) is 44.2 Å².